The molecule has 1 unspecified atom stereocenters. The van der Waals surface area contributed by atoms with E-state index in [9.17, 15) is 0 Å². The predicted octanol–water partition coefficient (Wildman–Crippen LogP) is 3.74. The largest absolute Gasteiger partial charge is 0.497 e. The minimum absolute atomic E-state index is 0.129. The summed E-state index contributed by atoms with van der Waals surface area (Å²) in [7, 11) is 1.67. The monoisotopic (exact) mass is 281 g/mol. The number of oxime groups is 1. The summed E-state index contributed by atoms with van der Waals surface area (Å²) < 4.78 is 5.17. The summed E-state index contributed by atoms with van der Waals surface area (Å²) in [4.78, 5) is 5.57. The van der Waals surface area contributed by atoms with Crippen LogP contribution in [-0.4, -0.2) is 18.9 Å². The molecule has 0 amide bonds. The van der Waals surface area contributed by atoms with Gasteiger partial charge in [-0.1, -0.05) is 35.0 Å². The van der Waals surface area contributed by atoms with Crippen molar-refractivity contribution in [3.8, 4) is 5.75 Å². The van der Waals surface area contributed by atoms with Crippen molar-refractivity contribution in [1.82, 2.24) is 0 Å². The highest BCUT2D eigenvalue weighted by molar-refractivity contribution is 6.01. The summed E-state index contributed by atoms with van der Waals surface area (Å²) in [5.41, 5.74) is 4.68. The Labute approximate surface area is 125 Å². The molecule has 0 aliphatic carbocycles. The van der Waals surface area contributed by atoms with Crippen LogP contribution in [0.4, 0.5) is 0 Å². The number of nitrogens with zero attached hydrogens (tertiary/aromatic N) is 1. The Kier molecular flexibility index (Phi) is 3.91. The SMILES string of the molecule is COc1ccc(C2=NOC(Cc3ccc(C)cc3)C2)cc1. The summed E-state index contributed by atoms with van der Waals surface area (Å²) in [6.07, 6.45) is 1.87. The summed E-state index contributed by atoms with van der Waals surface area (Å²) >= 11 is 0. The molecule has 2 aromatic rings. The molecule has 3 rings (SSSR count). The maximum atomic E-state index is 5.57. The van der Waals surface area contributed by atoms with Crippen LogP contribution in [0.15, 0.2) is 53.7 Å². The van der Waals surface area contributed by atoms with Crippen molar-refractivity contribution in [3.63, 3.8) is 0 Å². The second kappa shape index (κ2) is 6.00. The van der Waals surface area contributed by atoms with Crippen LogP contribution < -0.4 is 4.74 Å². The third-order valence-corrected chi connectivity index (χ3v) is 3.74. The lowest BCUT2D eigenvalue weighted by atomic mass is 10.00. The third-order valence-electron chi connectivity index (χ3n) is 3.74. The maximum Gasteiger partial charge on any atom is 0.137 e. The van der Waals surface area contributed by atoms with E-state index in [0.29, 0.717) is 0 Å². The van der Waals surface area contributed by atoms with E-state index in [1.54, 1.807) is 7.11 Å². The van der Waals surface area contributed by atoms with Gasteiger partial charge in [0.1, 0.15) is 11.9 Å². The van der Waals surface area contributed by atoms with Gasteiger partial charge in [-0.15, -0.1) is 0 Å². The summed E-state index contributed by atoms with van der Waals surface area (Å²) in [6.45, 7) is 2.10. The minimum atomic E-state index is 0.129. The average Bonchev–Trinajstić information content (AvgIpc) is 2.98. The first-order valence-corrected chi connectivity index (χ1v) is 7.17. The first-order chi connectivity index (χ1) is 10.2. The smallest absolute Gasteiger partial charge is 0.137 e. The van der Waals surface area contributed by atoms with Crippen LogP contribution in [0.2, 0.25) is 0 Å². The highest BCUT2D eigenvalue weighted by Gasteiger charge is 2.22. The zero-order valence-electron chi connectivity index (χ0n) is 12.4. The molecule has 0 saturated carbocycles. The molecule has 3 nitrogen and oxygen atoms in total. The van der Waals surface area contributed by atoms with Crippen LogP contribution in [0.5, 0.6) is 5.75 Å². The second-order valence-electron chi connectivity index (χ2n) is 5.39. The van der Waals surface area contributed by atoms with Crippen molar-refractivity contribution >= 4 is 5.71 Å². The number of ether oxygens (including phenoxy) is 1. The number of benzene rings is 2. The Balaban J connectivity index is 1.62. The van der Waals surface area contributed by atoms with Crippen molar-refractivity contribution in [2.45, 2.75) is 25.9 Å². The van der Waals surface area contributed by atoms with E-state index in [2.05, 4.69) is 36.3 Å². The fraction of sp³-hybridized carbons (Fsp3) is 0.278. The maximum absolute atomic E-state index is 5.57. The molecule has 1 aliphatic heterocycles. The average molecular weight is 281 g/mol. The molecule has 1 atom stereocenters. The van der Waals surface area contributed by atoms with Gasteiger partial charge in [0.2, 0.25) is 0 Å². The molecule has 0 radical (unpaired) electrons. The minimum Gasteiger partial charge on any atom is -0.497 e. The predicted molar refractivity (Wildman–Crippen MR) is 83.9 cm³/mol. The lowest BCUT2D eigenvalue weighted by Crippen LogP contribution is -2.11. The van der Waals surface area contributed by atoms with E-state index in [1.807, 2.05) is 24.3 Å². The van der Waals surface area contributed by atoms with Crippen molar-refractivity contribution < 1.29 is 9.57 Å². The zero-order valence-corrected chi connectivity index (χ0v) is 12.4. The Morgan fingerprint density at radius 1 is 1.10 bits per heavy atom. The van der Waals surface area contributed by atoms with Gasteiger partial charge in [-0.2, -0.15) is 0 Å². The number of methoxy groups -OCH3 is 1. The Hall–Kier alpha value is -2.29. The van der Waals surface area contributed by atoms with Crippen LogP contribution in [0, 0.1) is 6.92 Å². The van der Waals surface area contributed by atoms with Gasteiger partial charge in [0, 0.05) is 12.8 Å². The number of hydrogen-bond acceptors (Lipinski definition) is 3. The van der Waals surface area contributed by atoms with Crippen LogP contribution >= 0.6 is 0 Å². The molecular weight excluding hydrogens is 262 g/mol. The molecule has 0 aromatic heterocycles. The van der Waals surface area contributed by atoms with Crippen LogP contribution in [0.1, 0.15) is 23.1 Å². The molecule has 21 heavy (non-hydrogen) atoms. The third kappa shape index (κ3) is 3.24. The normalized spacial score (nSPS) is 17.2. The van der Waals surface area contributed by atoms with E-state index < -0.39 is 0 Å². The molecular formula is C18H19NO2. The molecule has 0 fully saturated rings. The Morgan fingerprint density at radius 2 is 1.81 bits per heavy atom. The fourth-order valence-corrected chi connectivity index (χ4v) is 2.48. The van der Waals surface area contributed by atoms with Gasteiger partial charge < -0.3 is 9.57 Å². The van der Waals surface area contributed by atoms with E-state index >= 15 is 0 Å². The number of hydrogen-bond donors (Lipinski definition) is 0. The van der Waals surface area contributed by atoms with Gasteiger partial charge in [-0.25, -0.2) is 0 Å². The Morgan fingerprint density at radius 3 is 2.48 bits per heavy atom. The summed E-state index contributed by atoms with van der Waals surface area (Å²) in [6, 6.07) is 16.5. The van der Waals surface area contributed by atoms with Crippen molar-refractivity contribution in [2.75, 3.05) is 7.11 Å². The van der Waals surface area contributed by atoms with E-state index in [1.165, 1.54) is 11.1 Å². The van der Waals surface area contributed by atoms with Gasteiger partial charge in [0.15, 0.2) is 0 Å². The first-order valence-electron chi connectivity index (χ1n) is 7.17. The lowest BCUT2D eigenvalue weighted by Gasteiger charge is -2.08. The zero-order chi connectivity index (χ0) is 14.7. The number of rotatable bonds is 4. The van der Waals surface area contributed by atoms with Gasteiger partial charge in [-0.3, -0.25) is 0 Å². The topological polar surface area (TPSA) is 30.8 Å². The van der Waals surface area contributed by atoms with Crippen LogP contribution in [0.3, 0.4) is 0 Å². The summed E-state index contributed by atoms with van der Waals surface area (Å²) in [5, 5.41) is 4.23. The molecule has 1 aliphatic rings. The van der Waals surface area contributed by atoms with Gasteiger partial charge in [0.05, 0.1) is 12.8 Å². The van der Waals surface area contributed by atoms with Crippen molar-refractivity contribution in [3.05, 3.63) is 65.2 Å². The van der Waals surface area contributed by atoms with Gasteiger partial charge in [0.25, 0.3) is 0 Å². The summed E-state index contributed by atoms with van der Waals surface area (Å²) in [5.74, 6) is 0.856. The van der Waals surface area contributed by atoms with E-state index in [4.69, 9.17) is 9.57 Å². The molecule has 0 bridgehead atoms. The first kappa shape index (κ1) is 13.7. The standard InChI is InChI=1S/C18H19NO2/c1-13-3-5-14(6-4-13)11-17-12-18(19-21-17)15-7-9-16(20-2)10-8-15/h3-10,17H,11-12H2,1-2H3. The second-order valence-corrected chi connectivity index (χ2v) is 5.39. The fourth-order valence-electron chi connectivity index (χ4n) is 2.48. The quantitative estimate of drug-likeness (QED) is 0.854. The molecule has 3 heteroatoms. The molecule has 108 valence electrons. The molecule has 0 spiro atoms. The lowest BCUT2D eigenvalue weighted by molar-refractivity contribution is 0.0859. The highest BCUT2D eigenvalue weighted by atomic mass is 16.6. The number of aryl methyl sites for hydroxylation is 1. The van der Waals surface area contributed by atoms with E-state index in [0.717, 1.165) is 29.9 Å². The molecule has 0 saturated heterocycles. The van der Waals surface area contributed by atoms with Crippen molar-refractivity contribution in [2.24, 2.45) is 5.16 Å². The Bertz CT molecular complexity index is 629. The molecule has 0 N–H and O–H groups in total. The van der Waals surface area contributed by atoms with Crippen LogP contribution in [0.25, 0.3) is 0 Å². The molecule has 2 aromatic carbocycles. The van der Waals surface area contributed by atoms with E-state index in [-0.39, 0.29) is 6.10 Å². The van der Waals surface area contributed by atoms with Gasteiger partial charge >= 0.3 is 0 Å². The highest BCUT2D eigenvalue weighted by Crippen LogP contribution is 2.21. The van der Waals surface area contributed by atoms with Crippen molar-refractivity contribution in [1.29, 1.82) is 0 Å². The molecule has 1 heterocycles. The van der Waals surface area contributed by atoms with Crippen LogP contribution in [-0.2, 0) is 11.3 Å². The van der Waals surface area contributed by atoms with Gasteiger partial charge in [-0.05, 0) is 42.3 Å².